The summed E-state index contributed by atoms with van der Waals surface area (Å²) in [4.78, 5) is 36.1. The zero-order chi connectivity index (χ0) is 25.8. The van der Waals surface area contributed by atoms with E-state index in [1.807, 2.05) is 6.92 Å². The Bertz CT molecular complexity index is 1010. The molecule has 0 unspecified atom stereocenters. The van der Waals surface area contributed by atoms with E-state index in [1.54, 1.807) is 12.1 Å². The Kier molecular flexibility index (Phi) is 10.3. The van der Waals surface area contributed by atoms with Gasteiger partial charge in [0.05, 0.1) is 24.5 Å². The molecule has 0 aliphatic carbocycles. The lowest BCUT2D eigenvalue weighted by atomic mass is 10.1. The maximum atomic E-state index is 13.0. The molecule has 0 fully saturated rings. The minimum atomic E-state index is -4.64. The predicted octanol–water partition coefficient (Wildman–Crippen LogP) is 3.04. The van der Waals surface area contributed by atoms with E-state index in [-0.39, 0.29) is 30.2 Å². The SMILES string of the molecule is CCOc1ccc(C(=O)NCC(=O)OCC(=O)Nc2cc(C(F)(F)F)ccc2OCCOC)cc1. The average Bonchev–Trinajstić information content (AvgIpc) is 2.82. The van der Waals surface area contributed by atoms with Gasteiger partial charge in [-0.1, -0.05) is 0 Å². The molecule has 0 atom stereocenters. The summed E-state index contributed by atoms with van der Waals surface area (Å²) in [6.45, 7) is 1.20. The number of esters is 1. The van der Waals surface area contributed by atoms with Crippen LogP contribution in [0.2, 0.25) is 0 Å². The van der Waals surface area contributed by atoms with Crippen molar-refractivity contribution in [3.8, 4) is 11.5 Å². The first-order valence-corrected chi connectivity index (χ1v) is 10.4. The third-order valence-corrected chi connectivity index (χ3v) is 4.31. The second-order valence-corrected chi connectivity index (χ2v) is 6.90. The molecule has 190 valence electrons. The topological polar surface area (TPSA) is 112 Å². The van der Waals surface area contributed by atoms with Gasteiger partial charge in [-0.25, -0.2) is 0 Å². The minimum Gasteiger partial charge on any atom is -0.494 e. The van der Waals surface area contributed by atoms with Crippen molar-refractivity contribution in [3.63, 3.8) is 0 Å². The normalized spacial score (nSPS) is 10.9. The molecule has 2 aromatic rings. The van der Waals surface area contributed by atoms with Gasteiger partial charge < -0.3 is 29.6 Å². The lowest BCUT2D eigenvalue weighted by Gasteiger charge is -2.15. The van der Waals surface area contributed by atoms with Gasteiger partial charge in [-0.05, 0) is 49.4 Å². The molecule has 12 heteroatoms. The number of rotatable bonds is 12. The number of methoxy groups -OCH3 is 1. The molecule has 0 saturated heterocycles. The fourth-order valence-corrected chi connectivity index (χ4v) is 2.67. The maximum Gasteiger partial charge on any atom is 0.416 e. The van der Waals surface area contributed by atoms with Gasteiger partial charge >= 0.3 is 12.1 Å². The highest BCUT2D eigenvalue weighted by Gasteiger charge is 2.31. The molecule has 35 heavy (non-hydrogen) atoms. The van der Waals surface area contributed by atoms with Gasteiger partial charge in [0.15, 0.2) is 6.61 Å². The number of hydrogen-bond donors (Lipinski definition) is 2. The van der Waals surface area contributed by atoms with E-state index in [4.69, 9.17) is 18.9 Å². The summed E-state index contributed by atoms with van der Waals surface area (Å²) in [6, 6.07) is 8.81. The van der Waals surface area contributed by atoms with Crippen molar-refractivity contribution in [1.29, 1.82) is 0 Å². The summed E-state index contributed by atoms with van der Waals surface area (Å²) >= 11 is 0. The number of amides is 2. The summed E-state index contributed by atoms with van der Waals surface area (Å²) in [5.41, 5.74) is -0.966. The average molecular weight is 498 g/mol. The first-order chi connectivity index (χ1) is 16.6. The highest BCUT2D eigenvalue weighted by molar-refractivity contribution is 5.97. The number of benzene rings is 2. The van der Waals surface area contributed by atoms with Crippen molar-refractivity contribution in [3.05, 3.63) is 53.6 Å². The van der Waals surface area contributed by atoms with Crippen molar-refractivity contribution in [2.75, 3.05) is 45.4 Å². The number of nitrogens with one attached hydrogen (secondary N) is 2. The van der Waals surface area contributed by atoms with Gasteiger partial charge in [0.25, 0.3) is 11.8 Å². The molecule has 0 aliphatic rings. The maximum absolute atomic E-state index is 13.0. The third kappa shape index (κ3) is 9.16. The van der Waals surface area contributed by atoms with E-state index < -0.39 is 42.7 Å². The first kappa shape index (κ1) is 27.4. The van der Waals surface area contributed by atoms with Gasteiger partial charge in [0, 0.05) is 12.7 Å². The molecule has 0 heterocycles. The molecule has 0 radical (unpaired) electrons. The standard InChI is InChI=1S/C23H25F3N2O7/c1-3-33-17-7-4-15(5-8-17)22(31)27-13-21(30)35-14-20(29)28-18-12-16(23(24,25)26)6-9-19(18)34-11-10-32-2/h4-9,12H,3,10-11,13-14H2,1-2H3,(H,27,31)(H,28,29). The van der Waals surface area contributed by atoms with E-state index in [1.165, 1.54) is 19.2 Å². The van der Waals surface area contributed by atoms with Crippen molar-refractivity contribution in [1.82, 2.24) is 5.32 Å². The van der Waals surface area contributed by atoms with Crippen LogP contribution in [0.25, 0.3) is 0 Å². The third-order valence-electron chi connectivity index (χ3n) is 4.31. The first-order valence-electron chi connectivity index (χ1n) is 10.4. The van der Waals surface area contributed by atoms with Crippen molar-refractivity contribution >= 4 is 23.5 Å². The molecule has 9 nitrogen and oxygen atoms in total. The summed E-state index contributed by atoms with van der Waals surface area (Å²) in [6.07, 6.45) is -4.64. The lowest BCUT2D eigenvalue weighted by molar-refractivity contribution is -0.146. The predicted molar refractivity (Wildman–Crippen MR) is 118 cm³/mol. The highest BCUT2D eigenvalue weighted by Crippen LogP contribution is 2.35. The number of hydrogen-bond acceptors (Lipinski definition) is 7. The molecule has 0 saturated carbocycles. The van der Waals surface area contributed by atoms with Crippen LogP contribution in [-0.4, -0.2) is 57.9 Å². The van der Waals surface area contributed by atoms with Crippen LogP contribution in [0.15, 0.2) is 42.5 Å². The minimum absolute atomic E-state index is 0.0163. The molecule has 0 aromatic heterocycles. The number of anilines is 1. The van der Waals surface area contributed by atoms with Crippen LogP contribution in [0.1, 0.15) is 22.8 Å². The van der Waals surface area contributed by atoms with Gasteiger partial charge in [-0.2, -0.15) is 13.2 Å². The van der Waals surface area contributed by atoms with Crippen LogP contribution in [0, 0.1) is 0 Å². The molecule has 0 spiro atoms. The monoisotopic (exact) mass is 498 g/mol. The zero-order valence-electron chi connectivity index (χ0n) is 19.1. The van der Waals surface area contributed by atoms with E-state index in [0.717, 1.165) is 12.1 Å². The Labute approximate surface area is 199 Å². The molecular weight excluding hydrogens is 473 g/mol. The second kappa shape index (κ2) is 13.2. The van der Waals surface area contributed by atoms with Crippen molar-refractivity contribution in [2.45, 2.75) is 13.1 Å². The number of carbonyl (C=O) groups is 3. The molecule has 0 aliphatic heterocycles. The zero-order valence-corrected chi connectivity index (χ0v) is 19.1. The molecular formula is C23H25F3N2O7. The fourth-order valence-electron chi connectivity index (χ4n) is 2.67. The van der Waals surface area contributed by atoms with Crippen molar-refractivity contribution < 1.29 is 46.5 Å². The summed E-state index contributed by atoms with van der Waals surface area (Å²) in [5.74, 6) is -1.79. The Balaban J connectivity index is 1.88. The Morgan fingerprint density at radius 1 is 0.971 bits per heavy atom. The highest BCUT2D eigenvalue weighted by atomic mass is 19.4. The molecule has 2 amide bonds. The number of alkyl halides is 3. The van der Waals surface area contributed by atoms with Crippen LogP contribution < -0.4 is 20.1 Å². The van der Waals surface area contributed by atoms with E-state index in [2.05, 4.69) is 10.6 Å². The smallest absolute Gasteiger partial charge is 0.416 e. The van der Waals surface area contributed by atoms with Crippen LogP contribution in [-0.2, 0) is 25.2 Å². The number of carbonyl (C=O) groups excluding carboxylic acids is 3. The summed E-state index contributed by atoms with van der Waals surface area (Å²) in [5, 5.41) is 4.57. The van der Waals surface area contributed by atoms with Crippen molar-refractivity contribution in [2.24, 2.45) is 0 Å². The quantitative estimate of drug-likeness (QED) is 0.342. The van der Waals surface area contributed by atoms with Crippen LogP contribution >= 0.6 is 0 Å². The largest absolute Gasteiger partial charge is 0.494 e. The van der Waals surface area contributed by atoms with E-state index >= 15 is 0 Å². The van der Waals surface area contributed by atoms with Crippen LogP contribution in [0.3, 0.4) is 0 Å². The fraction of sp³-hybridized carbons (Fsp3) is 0.348. The summed E-state index contributed by atoms with van der Waals surface area (Å²) < 4.78 is 59.3. The summed E-state index contributed by atoms with van der Waals surface area (Å²) in [7, 11) is 1.42. The second-order valence-electron chi connectivity index (χ2n) is 6.90. The Morgan fingerprint density at radius 2 is 1.69 bits per heavy atom. The van der Waals surface area contributed by atoms with E-state index in [9.17, 15) is 27.6 Å². The number of ether oxygens (including phenoxy) is 4. The van der Waals surface area contributed by atoms with Crippen LogP contribution in [0.4, 0.5) is 18.9 Å². The van der Waals surface area contributed by atoms with Gasteiger partial charge in [0.2, 0.25) is 0 Å². The molecule has 2 aromatic carbocycles. The lowest BCUT2D eigenvalue weighted by Crippen LogP contribution is -2.32. The van der Waals surface area contributed by atoms with E-state index in [0.29, 0.717) is 18.4 Å². The Morgan fingerprint density at radius 3 is 2.31 bits per heavy atom. The van der Waals surface area contributed by atoms with Gasteiger partial charge in [-0.3, -0.25) is 14.4 Å². The molecule has 2 N–H and O–H groups in total. The number of halogens is 3. The molecule has 0 bridgehead atoms. The van der Waals surface area contributed by atoms with Gasteiger partial charge in [-0.15, -0.1) is 0 Å². The van der Waals surface area contributed by atoms with Gasteiger partial charge in [0.1, 0.15) is 24.7 Å². The molecule has 2 rings (SSSR count). The Hall–Kier alpha value is -3.80. The van der Waals surface area contributed by atoms with Crippen LogP contribution in [0.5, 0.6) is 11.5 Å².